The Balaban J connectivity index is 1.02. The number of rotatable bonds is 6. The summed E-state index contributed by atoms with van der Waals surface area (Å²) >= 11 is 0. The predicted molar refractivity (Wildman–Crippen MR) is 270 cm³/mol. The van der Waals surface area contributed by atoms with Crippen LogP contribution in [0.15, 0.2) is 249 Å². The fourth-order valence-electron chi connectivity index (χ4n) is 10.8. The number of benzene rings is 11. The lowest BCUT2D eigenvalue weighted by Crippen LogP contribution is -2.32. The van der Waals surface area contributed by atoms with Gasteiger partial charge in [-0.15, -0.1) is 0 Å². The first kappa shape index (κ1) is 37.1. The summed E-state index contributed by atoms with van der Waals surface area (Å²) in [7, 11) is 0. The van der Waals surface area contributed by atoms with E-state index in [2.05, 4.69) is 254 Å². The van der Waals surface area contributed by atoms with Crippen LogP contribution in [0.4, 0.5) is 17.1 Å². The van der Waals surface area contributed by atoms with E-state index in [1.54, 1.807) is 0 Å². The second-order valence-corrected chi connectivity index (χ2v) is 17.2. The molecule has 304 valence electrons. The zero-order valence-corrected chi connectivity index (χ0v) is 35.5. The van der Waals surface area contributed by atoms with Crippen LogP contribution < -0.4 is 9.64 Å². The van der Waals surface area contributed by atoms with Gasteiger partial charge in [0.15, 0.2) is 0 Å². The molecule has 0 saturated carbocycles. The summed E-state index contributed by atoms with van der Waals surface area (Å²) in [6, 6.07) is 90.7. The normalized spacial score (nSPS) is 12.9. The first-order chi connectivity index (χ1) is 32.2. The first-order valence-electron chi connectivity index (χ1n) is 22.4. The molecule has 11 aromatic rings. The van der Waals surface area contributed by atoms with Crippen LogP contribution in [-0.4, -0.2) is 0 Å². The molecule has 0 saturated heterocycles. The third-order valence-corrected chi connectivity index (χ3v) is 13.7. The van der Waals surface area contributed by atoms with Crippen molar-refractivity contribution in [2.45, 2.75) is 5.41 Å². The number of anilines is 3. The van der Waals surface area contributed by atoms with Crippen LogP contribution in [0.5, 0.6) is 11.5 Å². The van der Waals surface area contributed by atoms with Crippen LogP contribution in [0.25, 0.3) is 66.1 Å². The van der Waals surface area contributed by atoms with Crippen molar-refractivity contribution in [3.05, 3.63) is 271 Å². The number of hydrogen-bond acceptors (Lipinski definition) is 2. The summed E-state index contributed by atoms with van der Waals surface area (Å²) < 4.78 is 7.23. The van der Waals surface area contributed by atoms with Crippen molar-refractivity contribution in [2.24, 2.45) is 0 Å². The average molecular weight is 828 g/mol. The van der Waals surface area contributed by atoms with Crippen LogP contribution in [0.3, 0.4) is 0 Å². The van der Waals surface area contributed by atoms with E-state index in [9.17, 15) is 0 Å². The zero-order chi connectivity index (χ0) is 42.9. The summed E-state index contributed by atoms with van der Waals surface area (Å²) in [6.07, 6.45) is 0. The molecule has 1 spiro atoms. The number of nitrogens with zero attached hydrogens (tertiary/aromatic N) is 1. The molecule has 1 heterocycles. The number of hydrogen-bond donors (Lipinski definition) is 0. The lowest BCUT2D eigenvalue weighted by molar-refractivity contribution is 0.447. The van der Waals surface area contributed by atoms with Gasteiger partial charge in [-0.2, -0.15) is 0 Å². The van der Waals surface area contributed by atoms with Gasteiger partial charge in [0.05, 0.1) is 11.1 Å². The topological polar surface area (TPSA) is 12.5 Å². The van der Waals surface area contributed by atoms with Crippen LogP contribution in [0.1, 0.15) is 22.3 Å². The Kier molecular flexibility index (Phi) is 8.47. The van der Waals surface area contributed by atoms with Crippen molar-refractivity contribution in [1.82, 2.24) is 0 Å². The van der Waals surface area contributed by atoms with E-state index in [1.165, 1.54) is 55.6 Å². The van der Waals surface area contributed by atoms with Gasteiger partial charge in [0, 0.05) is 38.8 Å². The highest BCUT2D eigenvalue weighted by atomic mass is 16.5. The Morgan fingerprint density at radius 3 is 1.52 bits per heavy atom. The summed E-state index contributed by atoms with van der Waals surface area (Å²) in [5.74, 6) is 1.85. The standard InChI is InChI=1S/C63H41NO/c1-3-16-42(17-4-1)43-30-35-49(36-31-43)64(60-29-14-12-24-51(60)44-18-5-2-6-19-44)50-23-15-22-47(40-50)48-32-37-55-54-27-11-13-28-56(54)63(59(55)41-48)57-38-33-45-20-7-9-25-52(45)61(57)65-62-53-26-10-8-21-46(53)34-39-58(62)63/h1-41H. The molecule has 0 radical (unpaired) electrons. The third kappa shape index (κ3) is 5.74. The Morgan fingerprint density at radius 2 is 0.815 bits per heavy atom. The zero-order valence-electron chi connectivity index (χ0n) is 35.5. The van der Waals surface area contributed by atoms with Gasteiger partial charge in [-0.3, -0.25) is 0 Å². The maximum atomic E-state index is 7.23. The summed E-state index contributed by atoms with van der Waals surface area (Å²) in [6.45, 7) is 0. The highest BCUT2D eigenvalue weighted by Crippen LogP contribution is 2.64. The summed E-state index contributed by atoms with van der Waals surface area (Å²) in [5.41, 5.74) is 17.1. The van der Waals surface area contributed by atoms with Crippen molar-refractivity contribution in [3.63, 3.8) is 0 Å². The van der Waals surface area contributed by atoms with Crippen molar-refractivity contribution >= 4 is 38.6 Å². The maximum Gasteiger partial charge on any atom is 0.140 e. The molecule has 2 nitrogen and oxygen atoms in total. The van der Waals surface area contributed by atoms with Gasteiger partial charge < -0.3 is 9.64 Å². The molecule has 0 fully saturated rings. The van der Waals surface area contributed by atoms with Gasteiger partial charge >= 0.3 is 0 Å². The van der Waals surface area contributed by atoms with Crippen molar-refractivity contribution < 1.29 is 4.74 Å². The van der Waals surface area contributed by atoms with Gasteiger partial charge in [0.1, 0.15) is 11.5 Å². The fraction of sp³-hybridized carbons (Fsp3) is 0.0159. The van der Waals surface area contributed by atoms with Gasteiger partial charge in [0.25, 0.3) is 0 Å². The molecule has 0 unspecified atom stereocenters. The molecule has 1 aliphatic carbocycles. The van der Waals surface area contributed by atoms with Gasteiger partial charge in [-0.25, -0.2) is 0 Å². The molecule has 13 rings (SSSR count). The molecule has 0 aromatic heterocycles. The number of para-hydroxylation sites is 1. The van der Waals surface area contributed by atoms with Crippen molar-refractivity contribution in [2.75, 3.05) is 4.90 Å². The molecular formula is C63H41NO. The molecule has 65 heavy (non-hydrogen) atoms. The Bertz CT molecular complexity index is 3540. The predicted octanol–water partition coefficient (Wildman–Crippen LogP) is 16.9. The smallest absolute Gasteiger partial charge is 0.140 e. The molecule has 0 atom stereocenters. The molecule has 1 aliphatic heterocycles. The van der Waals surface area contributed by atoms with Crippen molar-refractivity contribution in [1.29, 1.82) is 0 Å². The molecule has 0 N–H and O–H groups in total. The number of ether oxygens (including phenoxy) is 1. The minimum absolute atomic E-state index is 0.627. The highest BCUT2D eigenvalue weighted by Gasteiger charge is 2.52. The minimum Gasteiger partial charge on any atom is -0.455 e. The molecule has 11 aromatic carbocycles. The average Bonchev–Trinajstić information content (AvgIpc) is 3.67. The van der Waals surface area contributed by atoms with E-state index in [-0.39, 0.29) is 0 Å². The van der Waals surface area contributed by atoms with Crippen LogP contribution in [0, 0.1) is 0 Å². The van der Waals surface area contributed by atoms with E-state index < -0.39 is 5.41 Å². The number of fused-ring (bicyclic) bond motifs is 13. The van der Waals surface area contributed by atoms with Gasteiger partial charge in [0.2, 0.25) is 0 Å². The lowest BCUT2D eigenvalue weighted by atomic mass is 9.65. The second kappa shape index (κ2) is 14.8. The summed E-state index contributed by atoms with van der Waals surface area (Å²) in [4.78, 5) is 2.41. The highest BCUT2D eigenvalue weighted by molar-refractivity contribution is 6.00. The Morgan fingerprint density at radius 1 is 0.292 bits per heavy atom. The van der Waals surface area contributed by atoms with Crippen LogP contribution in [0.2, 0.25) is 0 Å². The van der Waals surface area contributed by atoms with Gasteiger partial charge in [-0.1, -0.05) is 212 Å². The van der Waals surface area contributed by atoms with E-state index >= 15 is 0 Å². The van der Waals surface area contributed by atoms with E-state index in [0.717, 1.165) is 61.2 Å². The Labute approximate surface area is 378 Å². The second-order valence-electron chi connectivity index (χ2n) is 17.2. The fourth-order valence-corrected chi connectivity index (χ4v) is 10.8. The Hall–Kier alpha value is -8.46. The first-order valence-corrected chi connectivity index (χ1v) is 22.4. The van der Waals surface area contributed by atoms with E-state index in [4.69, 9.17) is 4.74 Å². The lowest BCUT2D eigenvalue weighted by Gasteiger charge is -2.40. The molecule has 2 aliphatic rings. The molecular weight excluding hydrogens is 787 g/mol. The SMILES string of the molecule is c1ccc(-c2ccc(N(c3cccc(-c4ccc5c(c4)C4(c6ccccc6-5)c5ccc6ccccc6c5Oc5c4ccc4ccccc54)c3)c3ccccc3-c3ccccc3)cc2)cc1. The van der Waals surface area contributed by atoms with E-state index in [0.29, 0.717) is 0 Å². The molecule has 0 amide bonds. The largest absolute Gasteiger partial charge is 0.455 e. The maximum absolute atomic E-state index is 7.23. The van der Waals surface area contributed by atoms with Crippen LogP contribution >= 0.6 is 0 Å². The third-order valence-electron chi connectivity index (χ3n) is 13.7. The van der Waals surface area contributed by atoms with Crippen LogP contribution in [-0.2, 0) is 5.41 Å². The summed E-state index contributed by atoms with van der Waals surface area (Å²) in [5, 5.41) is 4.56. The quantitative estimate of drug-likeness (QED) is 0.166. The van der Waals surface area contributed by atoms with Gasteiger partial charge in [-0.05, 0) is 97.2 Å². The van der Waals surface area contributed by atoms with Crippen molar-refractivity contribution in [3.8, 4) is 56.0 Å². The minimum atomic E-state index is -0.627. The molecule has 2 heteroatoms. The molecule has 0 bridgehead atoms. The van der Waals surface area contributed by atoms with E-state index in [1.807, 2.05) is 0 Å². The monoisotopic (exact) mass is 827 g/mol.